The number of hydrogen-bond acceptors (Lipinski definition) is 2. The van der Waals surface area contributed by atoms with Crippen molar-refractivity contribution in [3.05, 3.63) is 33.4 Å². The molecule has 1 heterocycles. The van der Waals surface area contributed by atoms with Crippen molar-refractivity contribution in [1.82, 2.24) is 10.3 Å². The maximum absolute atomic E-state index is 11.8. The highest BCUT2D eigenvalue weighted by Crippen LogP contribution is 2.37. The second kappa shape index (κ2) is 8.57. The van der Waals surface area contributed by atoms with E-state index in [2.05, 4.69) is 42.2 Å². The van der Waals surface area contributed by atoms with Crippen LogP contribution in [-0.2, 0) is 28.9 Å². The summed E-state index contributed by atoms with van der Waals surface area (Å²) in [5.74, 6) is 0.227. The van der Waals surface area contributed by atoms with Gasteiger partial charge in [-0.05, 0) is 48.8 Å². The van der Waals surface area contributed by atoms with E-state index in [1.165, 1.54) is 16.6 Å². The predicted molar refractivity (Wildman–Crippen MR) is 110 cm³/mol. The zero-order valence-corrected chi connectivity index (χ0v) is 17.7. The molecule has 26 heavy (non-hydrogen) atoms. The van der Waals surface area contributed by atoms with Crippen molar-refractivity contribution in [3.63, 3.8) is 0 Å². The highest BCUT2D eigenvalue weighted by Gasteiger charge is 2.25. The Kier molecular flexibility index (Phi) is 6.40. The summed E-state index contributed by atoms with van der Waals surface area (Å²) >= 11 is 7.00. The molecule has 0 saturated heterocycles. The van der Waals surface area contributed by atoms with E-state index in [1.807, 2.05) is 12.1 Å². The SMILES string of the molecule is NC(=O)Cc1ccc(Br)c2c3c([nH]c12)CC(CNC(=O)CCCBr)CC3. The fourth-order valence-corrected chi connectivity index (χ4v) is 4.56. The number of halogens is 2. The van der Waals surface area contributed by atoms with E-state index in [0.29, 0.717) is 18.9 Å². The van der Waals surface area contributed by atoms with Crippen LogP contribution in [0.2, 0.25) is 0 Å². The zero-order valence-electron chi connectivity index (χ0n) is 14.5. The summed E-state index contributed by atoms with van der Waals surface area (Å²) in [7, 11) is 0. The Morgan fingerprint density at radius 1 is 1.35 bits per heavy atom. The van der Waals surface area contributed by atoms with Gasteiger partial charge < -0.3 is 16.0 Å². The van der Waals surface area contributed by atoms with E-state index in [-0.39, 0.29) is 18.2 Å². The monoisotopic (exact) mass is 483 g/mol. The molecule has 140 valence electrons. The van der Waals surface area contributed by atoms with Crippen molar-refractivity contribution in [2.24, 2.45) is 11.7 Å². The number of fused-ring (bicyclic) bond motifs is 3. The van der Waals surface area contributed by atoms with Gasteiger partial charge in [-0.15, -0.1) is 0 Å². The summed E-state index contributed by atoms with van der Waals surface area (Å²) in [5, 5.41) is 5.07. The number of aromatic nitrogens is 1. The van der Waals surface area contributed by atoms with Crippen molar-refractivity contribution in [2.45, 2.75) is 38.5 Å². The summed E-state index contributed by atoms with van der Waals surface area (Å²) in [6.07, 6.45) is 4.58. The molecule has 1 aliphatic rings. The van der Waals surface area contributed by atoms with Gasteiger partial charge in [-0.25, -0.2) is 0 Å². The summed E-state index contributed by atoms with van der Waals surface area (Å²) < 4.78 is 1.04. The van der Waals surface area contributed by atoms with Gasteiger partial charge in [0.2, 0.25) is 11.8 Å². The molecule has 5 nitrogen and oxygen atoms in total. The minimum absolute atomic E-state index is 0.124. The van der Waals surface area contributed by atoms with Gasteiger partial charge in [0.15, 0.2) is 0 Å². The predicted octanol–water partition coefficient (Wildman–Crippen LogP) is 3.35. The molecule has 0 saturated carbocycles. The molecule has 2 amide bonds. The third-order valence-corrected chi connectivity index (χ3v) is 6.19. The van der Waals surface area contributed by atoms with Gasteiger partial charge in [0.05, 0.1) is 11.9 Å². The lowest BCUT2D eigenvalue weighted by Gasteiger charge is -2.22. The first kappa shape index (κ1) is 19.4. The average Bonchev–Trinajstić information content (AvgIpc) is 3.00. The van der Waals surface area contributed by atoms with Crippen molar-refractivity contribution < 1.29 is 9.59 Å². The third-order valence-electron chi connectivity index (χ3n) is 4.97. The number of nitrogens with one attached hydrogen (secondary N) is 2. The molecular formula is C19H23Br2N3O2. The Morgan fingerprint density at radius 2 is 2.15 bits per heavy atom. The van der Waals surface area contributed by atoms with Crippen LogP contribution in [0.15, 0.2) is 16.6 Å². The molecule has 1 atom stereocenters. The van der Waals surface area contributed by atoms with E-state index in [4.69, 9.17) is 5.73 Å². The van der Waals surface area contributed by atoms with Crippen LogP contribution in [0.1, 0.15) is 36.1 Å². The largest absolute Gasteiger partial charge is 0.369 e. The molecule has 1 unspecified atom stereocenters. The lowest BCUT2D eigenvalue weighted by molar-refractivity contribution is -0.121. The topological polar surface area (TPSA) is 88.0 Å². The molecule has 0 fully saturated rings. The van der Waals surface area contributed by atoms with Crippen LogP contribution < -0.4 is 11.1 Å². The molecule has 1 aromatic carbocycles. The number of primary amides is 1. The van der Waals surface area contributed by atoms with Crippen LogP contribution in [0.25, 0.3) is 10.9 Å². The van der Waals surface area contributed by atoms with Crippen molar-refractivity contribution in [1.29, 1.82) is 0 Å². The van der Waals surface area contributed by atoms with Crippen molar-refractivity contribution in [3.8, 4) is 0 Å². The van der Waals surface area contributed by atoms with Gasteiger partial charge in [-0.2, -0.15) is 0 Å². The minimum atomic E-state index is -0.328. The number of benzene rings is 1. The van der Waals surface area contributed by atoms with Crippen LogP contribution in [-0.4, -0.2) is 28.7 Å². The van der Waals surface area contributed by atoms with Gasteiger partial charge in [0.1, 0.15) is 0 Å². The Labute approximate surface area is 169 Å². The van der Waals surface area contributed by atoms with E-state index < -0.39 is 0 Å². The Bertz CT molecular complexity index is 832. The smallest absolute Gasteiger partial charge is 0.221 e. The quantitative estimate of drug-likeness (QED) is 0.526. The zero-order chi connectivity index (χ0) is 18.7. The standard InChI is InChI=1S/C19H23Br2N3O2/c20-7-1-2-17(26)23-10-11-3-5-13-15(8-11)24-19-12(9-16(22)25)4-6-14(21)18(13)19/h4,6,11,24H,1-3,5,7-10H2,(H2,22,25)(H,23,26). The molecule has 0 spiro atoms. The Morgan fingerprint density at radius 3 is 2.88 bits per heavy atom. The number of aromatic amines is 1. The van der Waals surface area contributed by atoms with Crippen molar-refractivity contribution >= 4 is 54.6 Å². The van der Waals surface area contributed by atoms with E-state index in [1.54, 1.807) is 0 Å². The lowest BCUT2D eigenvalue weighted by atomic mass is 9.86. The number of alkyl halides is 1. The number of aryl methyl sites for hydroxylation is 1. The van der Waals surface area contributed by atoms with Gasteiger partial charge in [-0.1, -0.05) is 37.9 Å². The van der Waals surface area contributed by atoms with Crippen molar-refractivity contribution in [2.75, 3.05) is 11.9 Å². The second-order valence-electron chi connectivity index (χ2n) is 6.89. The molecule has 0 radical (unpaired) electrons. The minimum Gasteiger partial charge on any atom is -0.369 e. The summed E-state index contributed by atoms with van der Waals surface area (Å²) in [6, 6.07) is 3.94. The van der Waals surface area contributed by atoms with Gasteiger partial charge in [0.25, 0.3) is 0 Å². The molecule has 2 aromatic rings. The number of carbonyl (C=O) groups excluding carboxylic acids is 2. The van der Waals surface area contributed by atoms with Gasteiger partial charge in [-0.3, -0.25) is 9.59 Å². The molecule has 3 rings (SSSR count). The first-order chi connectivity index (χ1) is 12.5. The summed E-state index contributed by atoms with van der Waals surface area (Å²) in [4.78, 5) is 26.7. The van der Waals surface area contributed by atoms with Crippen LogP contribution >= 0.6 is 31.9 Å². The van der Waals surface area contributed by atoms with Gasteiger partial charge in [0, 0.05) is 33.8 Å². The number of H-pyrrole nitrogens is 1. The molecule has 7 heteroatoms. The second-order valence-corrected chi connectivity index (χ2v) is 8.53. The van der Waals surface area contributed by atoms with Gasteiger partial charge >= 0.3 is 0 Å². The Balaban J connectivity index is 1.77. The fourth-order valence-electron chi connectivity index (χ4n) is 3.71. The highest BCUT2D eigenvalue weighted by molar-refractivity contribution is 9.10. The van der Waals surface area contributed by atoms with Crippen LogP contribution in [0.4, 0.5) is 0 Å². The third kappa shape index (κ3) is 4.31. The average molecular weight is 485 g/mol. The molecule has 0 bridgehead atoms. The first-order valence-electron chi connectivity index (χ1n) is 8.91. The van der Waals surface area contributed by atoms with Crippen LogP contribution in [0.3, 0.4) is 0 Å². The number of amides is 2. The molecule has 1 aromatic heterocycles. The van der Waals surface area contributed by atoms with E-state index in [9.17, 15) is 9.59 Å². The number of rotatable bonds is 7. The molecule has 0 aliphatic heterocycles. The summed E-state index contributed by atoms with van der Waals surface area (Å²) in [5.41, 5.74) is 9.86. The normalized spacial score (nSPS) is 16.5. The fraction of sp³-hybridized carbons (Fsp3) is 0.474. The maximum atomic E-state index is 11.8. The molecule has 4 N–H and O–H groups in total. The van der Waals surface area contributed by atoms with Crippen LogP contribution in [0.5, 0.6) is 0 Å². The molecular weight excluding hydrogens is 462 g/mol. The number of carbonyl (C=O) groups is 2. The summed E-state index contributed by atoms with van der Waals surface area (Å²) in [6.45, 7) is 0.714. The number of hydrogen-bond donors (Lipinski definition) is 3. The van der Waals surface area contributed by atoms with E-state index >= 15 is 0 Å². The lowest BCUT2D eigenvalue weighted by Crippen LogP contribution is -2.31. The highest BCUT2D eigenvalue weighted by atomic mass is 79.9. The Hall–Kier alpha value is -1.34. The maximum Gasteiger partial charge on any atom is 0.221 e. The molecule has 1 aliphatic carbocycles. The number of nitrogens with two attached hydrogens (primary N) is 1. The van der Waals surface area contributed by atoms with Crippen LogP contribution in [0, 0.1) is 5.92 Å². The first-order valence-corrected chi connectivity index (χ1v) is 10.8. The van der Waals surface area contributed by atoms with E-state index in [0.717, 1.165) is 46.6 Å².